The average Bonchev–Trinajstić information content (AvgIpc) is 2.81. The predicted molar refractivity (Wildman–Crippen MR) is 83.2 cm³/mol. The quantitative estimate of drug-likeness (QED) is 0.932. The minimum atomic E-state index is -0.556. The molecule has 2 aromatic carbocycles. The number of hydrogen-bond acceptors (Lipinski definition) is 2. The lowest BCUT2D eigenvalue weighted by atomic mass is 10.0. The molecule has 0 aliphatic carbocycles. The van der Waals surface area contributed by atoms with Gasteiger partial charge in [-0.1, -0.05) is 29.8 Å². The fourth-order valence-electron chi connectivity index (χ4n) is 3.11. The number of fused-ring (bicyclic) bond motifs is 1. The summed E-state index contributed by atoms with van der Waals surface area (Å²) in [6, 6.07) is 11.0. The van der Waals surface area contributed by atoms with Crippen LogP contribution in [0.2, 0.25) is 0 Å². The van der Waals surface area contributed by atoms with Crippen LogP contribution in [0.4, 0.5) is 10.1 Å². The van der Waals surface area contributed by atoms with Crippen LogP contribution in [0.1, 0.15) is 28.4 Å². The number of aliphatic hydroxyl groups excluding tert-OH is 1. The third-order valence-corrected chi connectivity index (χ3v) is 4.22. The molecule has 2 aromatic rings. The zero-order chi connectivity index (χ0) is 15.0. The lowest BCUT2D eigenvalue weighted by Gasteiger charge is -2.24. The van der Waals surface area contributed by atoms with Crippen molar-refractivity contribution in [2.24, 2.45) is 0 Å². The number of halogens is 1. The van der Waals surface area contributed by atoms with E-state index < -0.39 is 6.10 Å². The van der Waals surface area contributed by atoms with Crippen molar-refractivity contribution in [1.29, 1.82) is 0 Å². The zero-order valence-corrected chi connectivity index (χ0v) is 12.4. The molecule has 0 aromatic heterocycles. The normalized spacial score (nSPS) is 15.1. The first-order valence-corrected chi connectivity index (χ1v) is 7.33. The maximum Gasteiger partial charge on any atom is 0.125 e. The van der Waals surface area contributed by atoms with Crippen molar-refractivity contribution in [1.82, 2.24) is 0 Å². The van der Waals surface area contributed by atoms with Gasteiger partial charge in [-0.2, -0.15) is 0 Å². The minimum Gasteiger partial charge on any atom is -0.387 e. The van der Waals surface area contributed by atoms with Crippen molar-refractivity contribution in [3.05, 3.63) is 64.5 Å². The Labute approximate surface area is 124 Å². The topological polar surface area (TPSA) is 23.5 Å². The maximum absolute atomic E-state index is 13.4. The molecule has 1 aliphatic rings. The Bertz CT molecular complexity index is 668. The van der Waals surface area contributed by atoms with Gasteiger partial charge in [0.25, 0.3) is 0 Å². The second-order valence-corrected chi connectivity index (χ2v) is 5.84. The van der Waals surface area contributed by atoms with E-state index in [1.54, 1.807) is 6.07 Å². The minimum absolute atomic E-state index is 0.221. The van der Waals surface area contributed by atoms with Gasteiger partial charge < -0.3 is 10.0 Å². The average molecular weight is 285 g/mol. The van der Waals surface area contributed by atoms with Crippen molar-refractivity contribution in [3.8, 4) is 0 Å². The molecule has 1 heterocycles. The lowest BCUT2D eigenvalue weighted by Crippen LogP contribution is -2.27. The number of aryl methyl sites for hydroxylation is 2. The molecule has 110 valence electrons. The fourth-order valence-corrected chi connectivity index (χ4v) is 3.11. The van der Waals surface area contributed by atoms with Gasteiger partial charge in [0.15, 0.2) is 0 Å². The Hall–Kier alpha value is -1.87. The molecule has 0 amide bonds. The van der Waals surface area contributed by atoms with Gasteiger partial charge in [0, 0.05) is 18.8 Å². The molecule has 21 heavy (non-hydrogen) atoms. The van der Waals surface area contributed by atoms with Crippen molar-refractivity contribution < 1.29 is 9.50 Å². The molecule has 0 spiro atoms. The molecule has 3 heteroatoms. The van der Waals surface area contributed by atoms with Crippen LogP contribution >= 0.6 is 0 Å². The number of nitrogens with zero attached hydrogens (tertiary/aromatic N) is 1. The van der Waals surface area contributed by atoms with E-state index in [0.29, 0.717) is 6.54 Å². The molecule has 2 nitrogen and oxygen atoms in total. The summed E-state index contributed by atoms with van der Waals surface area (Å²) in [5, 5.41) is 10.5. The van der Waals surface area contributed by atoms with E-state index in [1.165, 1.54) is 11.6 Å². The van der Waals surface area contributed by atoms with Crippen LogP contribution in [-0.2, 0) is 6.42 Å². The lowest BCUT2D eigenvalue weighted by molar-refractivity contribution is 0.183. The monoisotopic (exact) mass is 285 g/mol. The number of aliphatic hydroxyl groups is 1. The number of β-amino-alcohol motifs (C(OH)–C–C–N with tert-alkyl or cyclic N) is 1. The van der Waals surface area contributed by atoms with E-state index >= 15 is 0 Å². The van der Waals surface area contributed by atoms with Crippen LogP contribution in [0.15, 0.2) is 36.4 Å². The highest BCUT2D eigenvalue weighted by atomic mass is 19.1. The molecule has 1 unspecified atom stereocenters. The van der Waals surface area contributed by atoms with Gasteiger partial charge in [0.2, 0.25) is 0 Å². The smallest absolute Gasteiger partial charge is 0.125 e. The Morgan fingerprint density at radius 3 is 2.76 bits per heavy atom. The van der Waals surface area contributed by atoms with Gasteiger partial charge in [0.1, 0.15) is 5.82 Å². The van der Waals surface area contributed by atoms with Crippen molar-refractivity contribution in [3.63, 3.8) is 0 Å². The van der Waals surface area contributed by atoms with E-state index in [1.807, 2.05) is 32.0 Å². The van der Waals surface area contributed by atoms with E-state index in [0.717, 1.165) is 35.3 Å². The largest absolute Gasteiger partial charge is 0.387 e. The molecular weight excluding hydrogens is 265 g/mol. The van der Waals surface area contributed by atoms with Crippen LogP contribution in [0.3, 0.4) is 0 Å². The summed E-state index contributed by atoms with van der Waals surface area (Å²) >= 11 is 0. The standard InChI is InChI=1S/C18H20FNO/c1-12-3-6-16(13(2)9-12)18(21)11-20-8-7-14-4-5-15(19)10-17(14)20/h3-6,9-10,18,21H,7-8,11H2,1-2H3. The van der Waals surface area contributed by atoms with Gasteiger partial charge in [-0.15, -0.1) is 0 Å². The summed E-state index contributed by atoms with van der Waals surface area (Å²) in [5.41, 5.74) is 5.31. The first kappa shape index (κ1) is 14.1. The summed E-state index contributed by atoms with van der Waals surface area (Å²) < 4.78 is 13.4. The molecule has 0 radical (unpaired) electrons. The van der Waals surface area contributed by atoms with E-state index in [9.17, 15) is 9.50 Å². The molecular formula is C18H20FNO. The van der Waals surface area contributed by atoms with Gasteiger partial charge in [-0.25, -0.2) is 4.39 Å². The summed E-state index contributed by atoms with van der Waals surface area (Å²) in [6.45, 7) is 5.40. The molecule has 1 aliphatic heterocycles. The highest BCUT2D eigenvalue weighted by molar-refractivity contribution is 5.58. The van der Waals surface area contributed by atoms with E-state index in [2.05, 4.69) is 11.0 Å². The molecule has 3 rings (SSSR count). The van der Waals surface area contributed by atoms with Gasteiger partial charge in [0.05, 0.1) is 6.10 Å². The Kier molecular flexibility index (Phi) is 3.68. The van der Waals surface area contributed by atoms with Crippen LogP contribution in [0.5, 0.6) is 0 Å². The highest BCUT2D eigenvalue weighted by Crippen LogP contribution is 2.31. The van der Waals surface area contributed by atoms with Crippen molar-refractivity contribution >= 4 is 5.69 Å². The summed E-state index contributed by atoms with van der Waals surface area (Å²) in [4.78, 5) is 2.07. The summed E-state index contributed by atoms with van der Waals surface area (Å²) in [7, 11) is 0. The molecule has 0 saturated heterocycles. The predicted octanol–water partition coefficient (Wildman–Crippen LogP) is 3.54. The van der Waals surface area contributed by atoms with Crippen LogP contribution in [0, 0.1) is 19.7 Å². The third kappa shape index (κ3) is 2.79. The van der Waals surface area contributed by atoms with E-state index in [4.69, 9.17) is 0 Å². The maximum atomic E-state index is 13.4. The molecule has 1 atom stereocenters. The highest BCUT2D eigenvalue weighted by Gasteiger charge is 2.23. The van der Waals surface area contributed by atoms with Crippen molar-refractivity contribution in [2.75, 3.05) is 18.0 Å². The Morgan fingerprint density at radius 2 is 2.00 bits per heavy atom. The zero-order valence-electron chi connectivity index (χ0n) is 12.4. The third-order valence-electron chi connectivity index (χ3n) is 4.22. The summed E-state index contributed by atoms with van der Waals surface area (Å²) in [5.74, 6) is -0.221. The van der Waals surface area contributed by atoms with Crippen molar-refractivity contribution in [2.45, 2.75) is 26.4 Å². The second kappa shape index (κ2) is 5.49. The number of rotatable bonds is 3. The molecule has 0 saturated carbocycles. The SMILES string of the molecule is Cc1ccc(C(O)CN2CCc3ccc(F)cc32)c(C)c1. The Morgan fingerprint density at radius 1 is 1.19 bits per heavy atom. The molecule has 1 N–H and O–H groups in total. The van der Waals surface area contributed by atoms with Gasteiger partial charge in [-0.3, -0.25) is 0 Å². The van der Waals surface area contributed by atoms with Crippen LogP contribution in [0.25, 0.3) is 0 Å². The number of benzene rings is 2. The Balaban J connectivity index is 1.80. The number of hydrogen-bond donors (Lipinski definition) is 1. The van der Waals surface area contributed by atoms with Gasteiger partial charge in [-0.05, 0) is 49.1 Å². The van der Waals surface area contributed by atoms with Crippen LogP contribution in [-0.4, -0.2) is 18.2 Å². The second-order valence-electron chi connectivity index (χ2n) is 5.84. The first-order valence-electron chi connectivity index (χ1n) is 7.33. The fraction of sp³-hybridized carbons (Fsp3) is 0.333. The molecule has 0 fully saturated rings. The first-order chi connectivity index (χ1) is 10.0. The number of anilines is 1. The van der Waals surface area contributed by atoms with Crippen LogP contribution < -0.4 is 4.90 Å². The molecule has 0 bridgehead atoms. The van der Waals surface area contributed by atoms with Gasteiger partial charge >= 0.3 is 0 Å². The van der Waals surface area contributed by atoms with E-state index in [-0.39, 0.29) is 5.82 Å². The summed E-state index contributed by atoms with van der Waals surface area (Å²) in [6.07, 6.45) is 0.356.